The summed E-state index contributed by atoms with van der Waals surface area (Å²) in [5.41, 5.74) is 0. The van der Waals surface area contributed by atoms with Gasteiger partial charge in [0.1, 0.15) is 6.04 Å². The van der Waals surface area contributed by atoms with Gasteiger partial charge in [0.25, 0.3) is 0 Å². The molecule has 2 amide bonds. The maximum atomic E-state index is 11.8. The minimum Gasteiger partial charge on any atom is -0.480 e. The molecular formula is C13H22N2O4. The lowest BCUT2D eigenvalue weighted by Gasteiger charge is -2.21. The van der Waals surface area contributed by atoms with Gasteiger partial charge in [0, 0.05) is 26.3 Å². The van der Waals surface area contributed by atoms with Crippen molar-refractivity contribution in [2.24, 2.45) is 5.92 Å². The first-order chi connectivity index (χ1) is 9.18. The Morgan fingerprint density at radius 3 is 2.79 bits per heavy atom. The molecular weight excluding hydrogens is 248 g/mol. The van der Waals surface area contributed by atoms with E-state index in [4.69, 9.17) is 9.84 Å². The molecule has 0 radical (unpaired) electrons. The largest absolute Gasteiger partial charge is 0.480 e. The summed E-state index contributed by atoms with van der Waals surface area (Å²) in [7, 11) is 0. The van der Waals surface area contributed by atoms with E-state index in [1.165, 1.54) is 17.7 Å². The second kappa shape index (κ2) is 6.75. The molecule has 1 aliphatic heterocycles. The molecule has 1 saturated heterocycles. The predicted octanol–water partition coefficient (Wildman–Crippen LogP) is 1.06. The van der Waals surface area contributed by atoms with Crippen LogP contribution in [-0.2, 0) is 9.53 Å². The average molecular weight is 270 g/mol. The number of carbonyl (C=O) groups is 2. The highest BCUT2D eigenvalue weighted by molar-refractivity contribution is 5.83. The minimum absolute atomic E-state index is 0.271. The highest BCUT2D eigenvalue weighted by Crippen LogP contribution is 2.28. The normalized spacial score (nSPS) is 22.5. The second-order valence-corrected chi connectivity index (χ2v) is 5.29. The number of ether oxygens (including phenoxy) is 1. The molecule has 6 heteroatoms. The van der Waals surface area contributed by atoms with E-state index in [9.17, 15) is 9.59 Å². The summed E-state index contributed by atoms with van der Waals surface area (Å²) in [6.07, 6.45) is 4.64. The van der Waals surface area contributed by atoms with Crippen molar-refractivity contribution in [3.63, 3.8) is 0 Å². The Hall–Kier alpha value is -1.30. The van der Waals surface area contributed by atoms with Crippen molar-refractivity contribution in [3.05, 3.63) is 0 Å². The molecule has 108 valence electrons. The van der Waals surface area contributed by atoms with Crippen molar-refractivity contribution in [1.29, 1.82) is 0 Å². The van der Waals surface area contributed by atoms with Gasteiger partial charge in [-0.2, -0.15) is 0 Å². The molecule has 0 spiro atoms. The van der Waals surface area contributed by atoms with Crippen LogP contribution < -0.4 is 5.32 Å². The number of urea groups is 1. The molecule has 0 aromatic heterocycles. The number of nitrogens with zero attached hydrogens (tertiary/aromatic N) is 1. The zero-order valence-corrected chi connectivity index (χ0v) is 11.1. The van der Waals surface area contributed by atoms with Gasteiger partial charge in [0.2, 0.25) is 0 Å². The van der Waals surface area contributed by atoms with Crippen LogP contribution in [0.15, 0.2) is 0 Å². The number of carbonyl (C=O) groups excluding carboxylic acids is 1. The van der Waals surface area contributed by atoms with Gasteiger partial charge in [-0.3, -0.25) is 0 Å². The molecule has 0 unspecified atom stereocenters. The maximum absolute atomic E-state index is 11.8. The molecule has 1 aliphatic carbocycles. The smallest absolute Gasteiger partial charge is 0.326 e. The van der Waals surface area contributed by atoms with Crippen LogP contribution in [0.25, 0.3) is 0 Å². The fourth-order valence-electron chi connectivity index (χ4n) is 2.27. The Bertz CT molecular complexity index is 331. The summed E-state index contributed by atoms with van der Waals surface area (Å²) in [5, 5.41) is 11.7. The minimum atomic E-state index is -0.916. The first-order valence-corrected chi connectivity index (χ1v) is 7.03. The van der Waals surface area contributed by atoms with E-state index in [-0.39, 0.29) is 6.03 Å². The Morgan fingerprint density at radius 1 is 1.32 bits per heavy atom. The van der Waals surface area contributed by atoms with Crippen LogP contribution >= 0.6 is 0 Å². The SMILES string of the molecule is O=C(O)[C@H]1CCCN1C(=O)NCCCOCC1CC1. The maximum Gasteiger partial charge on any atom is 0.326 e. The summed E-state index contributed by atoms with van der Waals surface area (Å²) in [5.74, 6) is -0.157. The van der Waals surface area contributed by atoms with E-state index in [0.29, 0.717) is 26.1 Å². The summed E-state index contributed by atoms with van der Waals surface area (Å²) < 4.78 is 5.47. The lowest BCUT2D eigenvalue weighted by atomic mass is 10.2. The third-order valence-corrected chi connectivity index (χ3v) is 3.59. The molecule has 0 aromatic rings. The second-order valence-electron chi connectivity index (χ2n) is 5.29. The van der Waals surface area contributed by atoms with Crippen LogP contribution in [0.2, 0.25) is 0 Å². The fourth-order valence-corrected chi connectivity index (χ4v) is 2.27. The standard InChI is InChI=1S/C13H22N2O4/c16-12(17)11-3-1-7-15(11)13(18)14-6-2-8-19-9-10-4-5-10/h10-11H,1-9H2,(H,14,18)(H,16,17)/t11-/m1/s1. The van der Waals surface area contributed by atoms with Gasteiger partial charge >= 0.3 is 12.0 Å². The number of rotatable bonds is 7. The van der Waals surface area contributed by atoms with Gasteiger partial charge in [0.15, 0.2) is 0 Å². The number of aliphatic carboxylic acids is 1. The molecule has 19 heavy (non-hydrogen) atoms. The van der Waals surface area contributed by atoms with Crippen molar-refractivity contribution in [2.75, 3.05) is 26.3 Å². The summed E-state index contributed by atoms with van der Waals surface area (Å²) in [6, 6.07) is -0.932. The van der Waals surface area contributed by atoms with Gasteiger partial charge < -0.3 is 20.1 Å². The first-order valence-electron chi connectivity index (χ1n) is 7.03. The van der Waals surface area contributed by atoms with Gasteiger partial charge in [-0.15, -0.1) is 0 Å². The Balaban J connectivity index is 1.56. The molecule has 1 heterocycles. The van der Waals surface area contributed by atoms with Crippen molar-refractivity contribution in [3.8, 4) is 0 Å². The van der Waals surface area contributed by atoms with E-state index in [1.54, 1.807) is 0 Å². The van der Waals surface area contributed by atoms with Crippen LogP contribution in [0.4, 0.5) is 4.79 Å². The number of carboxylic acids is 1. The van der Waals surface area contributed by atoms with E-state index in [0.717, 1.165) is 25.4 Å². The quantitative estimate of drug-likeness (QED) is 0.678. The van der Waals surface area contributed by atoms with Crippen LogP contribution in [-0.4, -0.2) is 54.4 Å². The Morgan fingerprint density at radius 2 is 2.11 bits per heavy atom. The van der Waals surface area contributed by atoms with Crippen molar-refractivity contribution < 1.29 is 19.4 Å². The van der Waals surface area contributed by atoms with Gasteiger partial charge in [-0.1, -0.05) is 0 Å². The highest BCUT2D eigenvalue weighted by atomic mass is 16.5. The van der Waals surface area contributed by atoms with Gasteiger partial charge in [0.05, 0.1) is 0 Å². The zero-order valence-electron chi connectivity index (χ0n) is 11.1. The summed E-state index contributed by atoms with van der Waals surface area (Å²) in [4.78, 5) is 24.2. The van der Waals surface area contributed by atoms with Crippen LogP contribution in [0.5, 0.6) is 0 Å². The third kappa shape index (κ3) is 4.38. The predicted molar refractivity (Wildman–Crippen MR) is 68.9 cm³/mol. The number of hydrogen-bond donors (Lipinski definition) is 2. The first kappa shape index (κ1) is 14.1. The van der Waals surface area contributed by atoms with E-state index in [1.807, 2.05) is 0 Å². The Labute approximate surface area is 113 Å². The third-order valence-electron chi connectivity index (χ3n) is 3.59. The number of carboxylic acid groups (broad SMARTS) is 1. The van der Waals surface area contributed by atoms with E-state index >= 15 is 0 Å². The summed E-state index contributed by atoms with van der Waals surface area (Å²) in [6.45, 7) is 2.55. The zero-order chi connectivity index (χ0) is 13.7. The molecule has 2 aliphatic rings. The number of likely N-dealkylation sites (tertiary alicyclic amines) is 1. The van der Waals surface area contributed by atoms with Crippen molar-refractivity contribution >= 4 is 12.0 Å². The van der Waals surface area contributed by atoms with E-state index in [2.05, 4.69) is 5.32 Å². The number of nitrogens with one attached hydrogen (secondary N) is 1. The van der Waals surface area contributed by atoms with Crippen molar-refractivity contribution in [1.82, 2.24) is 10.2 Å². The lowest BCUT2D eigenvalue weighted by molar-refractivity contribution is -0.141. The molecule has 2 fully saturated rings. The van der Waals surface area contributed by atoms with Gasteiger partial charge in [-0.05, 0) is 38.0 Å². The fraction of sp³-hybridized carbons (Fsp3) is 0.846. The molecule has 0 bridgehead atoms. The monoisotopic (exact) mass is 270 g/mol. The molecule has 6 nitrogen and oxygen atoms in total. The topological polar surface area (TPSA) is 78.9 Å². The molecule has 1 saturated carbocycles. The van der Waals surface area contributed by atoms with Crippen LogP contribution in [0, 0.1) is 5.92 Å². The van der Waals surface area contributed by atoms with Crippen LogP contribution in [0.3, 0.4) is 0 Å². The molecule has 1 atom stereocenters. The van der Waals surface area contributed by atoms with Crippen LogP contribution in [0.1, 0.15) is 32.1 Å². The molecule has 2 rings (SSSR count). The summed E-state index contributed by atoms with van der Waals surface area (Å²) >= 11 is 0. The molecule has 0 aromatic carbocycles. The molecule has 2 N–H and O–H groups in total. The van der Waals surface area contributed by atoms with E-state index < -0.39 is 12.0 Å². The van der Waals surface area contributed by atoms with Crippen molar-refractivity contribution in [2.45, 2.75) is 38.1 Å². The lowest BCUT2D eigenvalue weighted by Crippen LogP contribution is -2.46. The highest BCUT2D eigenvalue weighted by Gasteiger charge is 2.33. The average Bonchev–Trinajstić information content (AvgIpc) is 3.06. The number of hydrogen-bond acceptors (Lipinski definition) is 3. The van der Waals surface area contributed by atoms with Gasteiger partial charge in [-0.25, -0.2) is 9.59 Å². The number of amides is 2. The Kier molecular flexibility index (Phi) is 5.01.